The van der Waals surface area contributed by atoms with Crippen molar-refractivity contribution >= 4 is 29.4 Å². The molecule has 32 heavy (non-hydrogen) atoms. The monoisotopic (exact) mass is 441 g/mol. The van der Waals surface area contributed by atoms with Crippen molar-refractivity contribution < 1.29 is 14.4 Å². The Morgan fingerprint density at radius 3 is 2.12 bits per heavy atom. The highest BCUT2D eigenvalue weighted by molar-refractivity contribution is 7.99. The fourth-order valence-electron chi connectivity index (χ4n) is 3.39. The van der Waals surface area contributed by atoms with Gasteiger partial charge in [-0.1, -0.05) is 60.3 Å². The molecule has 5 rings (SSSR count). The van der Waals surface area contributed by atoms with Gasteiger partial charge in [0.15, 0.2) is 5.78 Å². The molecule has 0 aliphatic carbocycles. The highest BCUT2D eigenvalue weighted by Crippen LogP contribution is 2.29. The van der Waals surface area contributed by atoms with Crippen molar-refractivity contribution in [2.24, 2.45) is 0 Å². The molecule has 0 bridgehead atoms. The van der Waals surface area contributed by atoms with E-state index in [-0.39, 0.29) is 22.5 Å². The van der Waals surface area contributed by atoms with Crippen LogP contribution < -0.4 is 5.01 Å². The number of rotatable bonds is 6. The van der Waals surface area contributed by atoms with Crippen LogP contribution in [-0.4, -0.2) is 43.2 Å². The van der Waals surface area contributed by atoms with Crippen LogP contribution in [-0.2, 0) is 0 Å². The second kappa shape index (κ2) is 8.20. The molecule has 3 heterocycles. The Hall–Kier alpha value is -4.11. The van der Waals surface area contributed by atoms with Gasteiger partial charge in [-0.2, -0.15) is 9.69 Å². The molecule has 156 valence electrons. The van der Waals surface area contributed by atoms with Gasteiger partial charge in [-0.05, 0) is 24.3 Å². The van der Waals surface area contributed by atoms with Crippen molar-refractivity contribution in [2.45, 2.75) is 5.16 Å². The predicted molar refractivity (Wildman–Crippen MR) is 118 cm³/mol. The van der Waals surface area contributed by atoms with E-state index in [1.165, 1.54) is 4.68 Å². The van der Waals surface area contributed by atoms with Gasteiger partial charge in [0, 0.05) is 11.8 Å². The maximum atomic E-state index is 13.1. The van der Waals surface area contributed by atoms with Crippen LogP contribution in [0, 0.1) is 0 Å². The first-order valence-corrected chi connectivity index (χ1v) is 10.7. The highest BCUT2D eigenvalue weighted by Gasteiger charge is 2.39. The molecule has 0 radical (unpaired) electrons. The summed E-state index contributed by atoms with van der Waals surface area (Å²) in [6, 6.07) is 20.7. The number of aromatic nitrogens is 4. The van der Waals surface area contributed by atoms with Crippen molar-refractivity contribution in [3.8, 4) is 11.5 Å². The van der Waals surface area contributed by atoms with E-state index in [0.29, 0.717) is 22.4 Å². The molecule has 4 aromatic rings. The number of hydrogen-bond donors (Lipinski definition) is 0. The van der Waals surface area contributed by atoms with Gasteiger partial charge in [-0.3, -0.25) is 19.4 Å². The van der Waals surface area contributed by atoms with Crippen LogP contribution in [0.2, 0.25) is 0 Å². The number of fused-ring (bicyclic) bond motifs is 1. The van der Waals surface area contributed by atoms with Crippen molar-refractivity contribution in [1.82, 2.24) is 19.9 Å². The van der Waals surface area contributed by atoms with Crippen LogP contribution in [0.4, 0.5) is 0 Å². The number of amides is 2. The summed E-state index contributed by atoms with van der Waals surface area (Å²) in [4.78, 5) is 43.2. The summed E-state index contributed by atoms with van der Waals surface area (Å²) in [5.41, 5.74) is 1.61. The molecule has 2 aromatic heterocycles. The van der Waals surface area contributed by atoms with Gasteiger partial charge in [0.25, 0.3) is 11.8 Å². The van der Waals surface area contributed by atoms with Crippen LogP contribution in [0.25, 0.3) is 11.5 Å². The molecular weight excluding hydrogens is 426 g/mol. The molecule has 0 fully saturated rings. The number of carbonyl (C=O) groups excluding carboxylic acids is 3. The van der Waals surface area contributed by atoms with Gasteiger partial charge in [-0.25, -0.2) is 0 Å². The molecule has 0 atom stereocenters. The highest BCUT2D eigenvalue weighted by atomic mass is 32.2. The number of benzene rings is 2. The zero-order valence-electron chi connectivity index (χ0n) is 16.6. The first kappa shape index (κ1) is 19.8. The molecule has 1 aliphatic heterocycles. The van der Waals surface area contributed by atoms with E-state index >= 15 is 0 Å². The predicted octanol–water partition coefficient (Wildman–Crippen LogP) is 3.25. The quantitative estimate of drug-likeness (QED) is 0.257. The molecule has 9 heteroatoms. The third-order valence-corrected chi connectivity index (χ3v) is 5.83. The third-order valence-electron chi connectivity index (χ3n) is 4.91. The van der Waals surface area contributed by atoms with Crippen LogP contribution in [0.1, 0.15) is 31.1 Å². The molecule has 1 aliphatic rings. The summed E-state index contributed by atoms with van der Waals surface area (Å²) in [6.07, 6.45) is 1.59. The largest absolute Gasteiger partial charge is 0.293 e. The van der Waals surface area contributed by atoms with Gasteiger partial charge in [0.2, 0.25) is 11.0 Å². The number of thioether (sulfide) groups is 1. The minimum absolute atomic E-state index is 0.0630. The summed E-state index contributed by atoms with van der Waals surface area (Å²) in [7, 11) is 0. The molecule has 0 saturated heterocycles. The lowest BCUT2D eigenvalue weighted by Gasteiger charge is -2.18. The Bertz CT molecular complexity index is 1300. The standard InChI is InChI=1S/C23H15N5O3S/c29-19(15-8-2-1-3-9-15)14-32-23-26-25-20(18-12-6-7-13-24-18)27(23)28-21(30)16-10-4-5-11-17(16)22(28)31/h1-13H,14H2. The Balaban J connectivity index is 1.55. The number of pyridine rings is 1. The van der Waals surface area contributed by atoms with Crippen LogP contribution in [0.15, 0.2) is 84.1 Å². The van der Waals surface area contributed by atoms with Crippen molar-refractivity contribution in [3.05, 3.63) is 95.7 Å². The van der Waals surface area contributed by atoms with Crippen molar-refractivity contribution in [1.29, 1.82) is 0 Å². The number of imide groups is 1. The van der Waals surface area contributed by atoms with E-state index in [1.807, 2.05) is 6.07 Å². The van der Waals surface area contributed by atoms with E-state index < -0.39 is 11.8 Å². The lowest BCUT2D eigenvalue weighted by Crippen LogP contribution is -2.41. The van der Waals surface area contributed by atoms with Gasteiger partial charge in [-0.15, -0.1) is 10.2 Å². The van der Waals surface area contributed by atoms with Crippen molar-refractivity contribution in [2.75, 3.05) is 10.8 Å². The molecule has 0 unspecified atom stereocenters. The van der Waals surface area contributed by atoms with E-state index in [0.717, 1.165) is 16.8 Å². The van der Waals surface area contributed by atoms with Crippen molar-refractivity contribution in [3.63, 3.8) is 0 Å². The fraction of sp³-hybridized carbons (Fsp3) is 0.0435. The zero-order chi connectivity index (χ0) is 22.1. The normalized spacial score (nSPS) is 12.8. The van der Waals surface area contributed by atoms with Crippen LogP contribution in [0.5, 0.6) is 0 Å². The minimum atomic E-state index is -0.487. The fourth-order valence-corrected chi connectivity index (χ4v) is 4.20. The second-order valence-corrected chi connectivity index (χ2v) is 7.82. The smallest absolute Gasteiger partial charge is 0.281 e. The average molecular weight is 441 g/mol. The summed E-state index contributed by atoms with van der Waals surface area (Å²) < 4.78 is 1.34. The topological polar surface area (TPSA) is 98.1 Å². The molecule has 0 saturated carbocycles. The molecular formula is C23H15N5O3S. The summed E-state index contributed by atoms with van der Waals surface area (Å²) in [6.45, 7) is 0. The zero-order valence-corrected chi connectivity index (χ0v) is 17.4. The molecule has 0 spiro atoms. The van der Waals surface area contributed by atoms with E-state index in [2.05, 4.69) is 15.2 Å². The van der Waals surface area contributed by atoms with Crippen LogP contribution in [0.3, 0.4) is 0 Å². The molecule has 8 nitrogen and oxygen atoms in total. The maximum Gasteiger partial charge on any atom is 0.281 e. The number of carbonyl (C=O) groups is 3. The second-order valence-electron chi connectivity index (χ2n) is 6.88. The molecule has 2 aromatic carbocycles. The summed E-state index contributed by atoms with van der Waals surface area (Å²) in [5, 5.41) is 9.60. The number of hydrogen-bond acceptors (Lipinski definition) is 7. The van der Waals surface area contributed by atoms with Gasteiger partial charge in [0.05, 0.1) is 16.9 Å². The average Bonchev–Trinajstić information content (AvgIpc) is 3.37. The van der Waals surface area contributed by atoms with E-state index in [1.54, 1.807) is 72.9 Å². The third kappa shape index (κ3) is 3.38. The lowest BCUT2D eigenvalue weighted by atomic mass is 10.1. The van der Waals surface area contributed by atoms with E-state index in [9.17, 15) is 14.4 Å². The lowest BCUT2D eigenvalue weighted by molar-refractivity contribution is 0.0882. The number of ketones is 1. The Kier molecular flexibility index (Phi) is 5.08. The minimum Gasteiger partial charge on any atom is -0.293 e. The number of nitrogens with zero attached hydrogens (tertiary/aromatic N) is 5. The van der Waals surface area contributed by atoms with Gasteiger partial charge in [0.1, 0.15) is 5.69 Å². The Morgan fingerprint density at radius 1 is 0.812 bits per heavy atom. The van der Waals surface area contributed by atoms with Gasteiger partial charge < -0.3 is 0 Å². The van der Waals surface area contributed by atoms with Crippen LogP contribution >= 0.6 is 11.8 Å². The Morgan fingerprint density at radius 2 is 1.47 bits per heavy atom. The first-order valence-electron chi connectivity index (χ1n) is 9.71. The summed E-state index contributed by atoms with van der Waals surface area (Å²) >= 11 is 1.10. The van der Waals surface area contributed by atoms with E-state index in [4.69, 9.17) is 0 Å². The Labute approximate surface area is 186 Å². The van der Waals surface area contributed by atoms with Gasteiger partial charge >= 0.3 is 0 Å². The molecule has 2 amide bonds. The summed E-state index contributed by atoms with van der Waals surface area (Å²) in [5.74, 6) is -0.785. The SMILES string of the molecule is O=C(CSc1nnc(-c2ccccn2)n1N1C(=O)c2ccccc2C1=O)c1ccccc1. The molecule has 0 N–H and O–H groups in total. The first-order chi connectivity index (χ1) is 15.6. The maximum absolute atomic E-state index is 13.1. The number of Topliss-reactive ketones (excluding diaryl/α,β-unsaturated/α-hetero) is 1.